The first-order chi connectivity index (χ1) is 12.6. The molecule has 2 amide bonds. The highest BCUT2D eigenvalue weighted by atomic mass is 16.2. The van der Waals surface area contributed by atoms with Gasteiger partial charge >= 0.3 is 6.03 Å². The normalized spacial score (nSPS) is 18.2. The van der Waals surface area contributed by atoms with Gasteiger partial charge in [0.05, 0.1) is 12.1 Å². The van der Waals surface area contributed by atoms with E-state index in [4.69, 9.17) is 0 Å². The van der Waals surface area contributed by atoms with E-state index < -0.39 is 0 Å². The lowest BCUT2D eigenvalue weighted by atomic mass is 9.97. The summed E-state index contributed by atoms with van der Waals surface area (Å²) < 4.78 is 1.83. The molecular formula is C20H23N5O. The molecule has 2 heterocycles. The van der Waals surface area contributed by atoms with Crippen molar-refractivity contribution >= 4 is 16.8 Å². The molecule has 1 saturated heterocycles. The van der Waals surface area contributed by atoms with Gasteiger partial charge in [0.1, 0.15) is 6.33 Å². The number of nitrogens with one attached hydrogen (secondary N) is 1. The summed E-state index contributed by atoms with van der Waals surface area (Å²) in [4.78, 5) is 14.9. The summed E-state index contributed by atoms with van der Waals surface area (Å²) in [5.74, 6) is 0.749. The Kier molecular flexibility index (Phi) is 4.32. The van der Waals surface area contributed by atoms with E-state index in [1.165, 1.54) is 16.3 Å². The van der Waals surface area contributed by atoms with Crippen molar-refractivity contribution in [3.63, 3.8) is 0 Å². The fraction of sp³-hybridized carbons (Fsp3) is 0.350. The van der Waals surface area contributed by atoms with Crippen molar-refractivity contribution in [3.8, 4) is 0 Å². The van der Waals surface area contributed by atoms with Gasteiger partial charge in [0.25, 0.3) is 0 Å². The zero-order valence-electron chi connectivity index (χ0n) is 15.1. The maximum absolute atomic E-state index is 12.9. The number of carbonyl (C=O) groups excluding carboxylic acids is 1. The molecule has 0 radical (unpaired) electrons. The summed E-state index contributed by atoms with van der Waals surface area (Å²) in [5, 5.41) is 13.5. The minimum Gasteiger partial charge on any atom is -0.328 e. The van der Waals surface area contributed by atoms with Crippen LogP contribution < -0.4 is 5.32 Å². The Labute approximate surface area is 152 Å². The molecule has 1 N–H and O–H groups in total. The van der Waals surface area contributed by atoms with E-state index in [1.54, 1.807) is 6.33 Å². The van der Waals surface area contributed by atoms with E-state index in [0.29, 0.717) is 0 Å². The molecule has 6 nitrogen and oxygen atoms in total. The van der Waals surface area contributed by atoms with E-state index >= 15 is 0 Å². The molecule has 3 aromatic rings. The fourth-order valence-electron chi connectivity index (χ4n) is 3.89. The van der Waals surface area contributed by atoms with Crippen LogP contribution in [0.4, 0.5) is 4.79 Å². The summed E-state index contributed by atoms with van der Waals surface area (Å²) in [5.41, 5.74) is 1.22. The van der Waals surface area contributed by atoms with Crippen molar-refractivity contribution in [1.29, 1.82) is 0 Å². The lowest BCUT2D eigenvalue weighted by molar-refractivity contribution is 0.189. The summed E-state index contributed by atoms with van der Waals surface area (Å²) in [6, 6.07) is 14.6. The van der Waals surface area contributed by atoms with Crippen LogP contribution in [0.15, 0.2) is 48.8 Å². The second-order valence-electron chi connectivity index (χ2n) is 6.89. The number of amides is 2. The smallest absolute Gasteiger partial charge is 0.318 e. The zero-order chi connectivity index (χ0) is 18.1. The Bertz CT molecular complexity index is 929. The van der Waals surface area contributed by atoms with Gasteiger partial charge in [-0.3, -0.25) is 0 Å². The third kappa shape index (κ3) is 2.92. The third-order valence-electron chi connectivity index (χ3n) is 5.17. The van der Waals surface area contributed by atoms with Gasteiger partial charge in [-0.05, 0) is 36.1 Å². The number of aryl methyl sites for hydroxylation is 1. The predicted molar refractivity (Wildman–Crippen MR) is 101 cm³/mol. The minimum atomic E-state index is -0.191. The number of hydrogen-bond acceptors (Lipinski definition) is 3. The number of benzene rings is 2. The van der Waals surface area contributed by atoms with Crippen LogP contribution >= 0.6 is 0 Å². The van der Waals surface area contributed by atoms with Crippen LogP contribution in [0.2, 0.25) is 0 Å². The van der Waals surface area contributed by atoms with E-state index in [9.17, 15) is 4.79 Å². The minimum absolute atomic E-state index is 0.0454. The molecule has 134 valence electrons. The predicted octanol–water partition coefficient (Wildman–Crippen LogP) is 3.58. The van der Waals surface area contributed by atoms with Crippen molar-refractivity contribution < 1.29 is 4.79 Å². The lowest BCUT2D eigenvalue weighted by Crippen LogP contribution is -2.41. The van der Waals surface area contributed by atoms with Gasteiger partial charge in [-0.2, -0.15) is 0 Å². The Balaban J connectivity index is 1.58. The quantitative estimate of drug-likeness (QED) is 0.786. The molecule has 1 aliphatic heterocycles. The summed E-state index contributed by atoms with van der Waals surface area (Å²) in [6.45, 7) is 2.70. The van der Waals surface area contributed by atoms with Crippen molar-refractivity contribution in [3.05, 3.63) is 60.2 Å². The first-order valence-corrected chi connectivity index (χ1v) is 9.04. The molecule has 1 fully saturated rings. The maximum atomic E-state index is 12.9. The zero-order valence-corrected chi connectivity index (χ0v) is 15.1. The first kappa shape index (κ1) is 16.6. The third-order valence-corrected chi connectivity index (χ3v) is 5.17. The Morgan fingerprint density at radius 2 is 2.04 bits per heavy atom. The number of nitrogens with zero attached hydrogens (tertiary/aromatic N) is 4. The van der Waals surface area contributed by atoms with Crippen LogP contribution in [0, 0.1) is 0 Å². The number of urea groups is 1. The molecule has 0 saturated carbocycles. The van der Waals surface area contributed by atoms with Gasteiger partial charge in [-0.15, -0.1) is 10.2 Å². The number of hydrogen-bond donors (Lipinski definition) is 1. The molecule has 1 aliphatic rings. The molecule has 6 heteroatoms. The number of aromatic nitrogens is 3. The lowest BCUT2D eigenvalue weighted by Gasteiger charge is -2.27. The van der Waals surface area contributed by atoms with Gasteiger partial charge in [-0.25, -0.2) is 4.79 Å². The summed E-state index contributed by atoms with van der Waals surface area (Å²) >= 11 is 0. The average molecular weight is 349 g/mol. The largest absolute Gasteiger partial charge is 0.328 e. The van der Waals surface area contributed by atoms with Crippen LogP contribution in [0.1, 0.15) is 43.2 Å². The van der Waals surface area contributed by atoms with E-state index in [2.05, 4.69) is 51.9 Å². The monoisotopic (exact) mass is 349 g/mol. The standard InChI is InChI=1S/C20H23N5O/c1-14(19-23-21-13-24(19)2)22-20(26)25-12-6-11-18(25)17-10-5-8-15-7-3-4-9-16(15)17/h3-5,7-10,13-14,18H,6,11-12H2,1-2H3,(H,22,26)/t14-,18-/m1/s1. The first-order valence-electron chi connectivity index (χ1n) is 9.04. The maximum Gasteiger partial charge on any atom is 0.318 e. The fourth-order valence-corrected chi connectivity index (χ4v) is 3.89. The highest BCUT2D eigenvalue weighted by Gasteiger charge is 2.32. The molecule has 1 aromatic heterocycles. The molecule has 2 aromatic carbocycles. The van der Waals surface area contributed by atoms with Crippen molar-refractivity contribution in [2.75, 3.05) is 6.54 Å². The Morgan fingerprint density at radius 1 is 1.23 bits per heavy atom. The molecular weight excluding hydrogens is 326 g/mol. The number of likely N-dealkylation sites (tertiary alicyclic amines) is 1. The van der Waals surface area contributed by atoms with E-state index in [-0.39, 0.29) is 18.1 Å². The van der Waals surface area contributed by atoms with Gasteiger partial charge < -0.3 is 14.8 Å². The molecule has 0 unspecified atom stereocenters. The van der Waals surface area contributed by atoms with Gasteiger partial charge in [0.2, 0.25) is 0 Å². The summed E-state index contributed by atoms with van der Waals surface area (Å²) in [7, 11) is 1.88. The van der Waals surface area contributed by atoms with Crippen LogP contribution in [-0.2, 0) is 7.05 Å². The van der Waals surface area contributed by atoms with Crippen molar-refractivity contribution in [1.82, 2.24) is 25.0 Å². The molecule has 4 rings (SSSR count). The highest BCUT2D eigenvalue weighted by molar-refractivity contribution is 5.87. The Hall–Kier alpha value is -2.89. The second-order valence-corrected chi connectivity index (χ2v) is 6.89. The van der Waals surface area contributed by atoms with Gasteiger partial charge in [0.15, 0.2) is 5.82 Å². The molecule has 26 heavy (non-hydrogen) atoms. The summed E-state index contributed by atoms with van der Waals surface area (Å²) in [6.07, 6.45) is 3.65. The van der Waals surface area contributed by atoms with Gasteiger partial charge in [-0.1, -0.05) is 42.5 Å². The van der Waals surface area contributed by atoms with E-state index in [1.807, 2.05) is 29.5 Å². The number of fused-ring (bicyclic) bond motifs is 1. The second kappa shape index (κ2) is 6.78. The Morgan fingerprint density at radius 3 is 2.85 bits per heavy atom. The van der Waals surface area contributed by atoms with Crippen LogP contribution in [0.25, 0.3) is 10.8 Å². The number of rotatable bonds is 3. The highest BCUT2D eigenvalue weighted by Crippen LogP contribution is 2.36. The van der Waals surface area contributed by atoms with Crippen LogP contribution in [0.3, 0.4) is 0 Å². The van der Waals surface area contributed by atoms with Crippen molar-refractivity contribution in [2.45, 2.75) is 31.8 Å². The van der Waals surface area contributed by atoms with Crippen molar-refractivity contribution in [2.24, 2.45) is 7.05 Å². The SMILES string of the molecule is C[C@@H](NC(=O)N1CCC[C@@H]1c1cccc2ccccc12)c1nncn1C. The molecule has 2 atom stereocenters. The molecule has 0 aliphatic carbocycles. The van der Waals surface area contributed by atoms with Gasteiger partial charge in [0, 0.05) is 13.6 Å². The molecule has 0 spiro atoms. The topological polar surface area (TPSA) is 63.1 Å². The average Bonchev–Trinajstić information content (AvgIpc) is 3.30. The molecule has 0 bridgehead atoms. The van der Waals surface area contributed by atoms with Crippen LogP contribution in [0.5, 0.6) is 0 Å². The number of carbonyl (C=O) groups is 1. The van der Waals surface area contributed by atoms with Crippen LogP contribution in [-0.4, -0.2) is 32.2 Å². The van der Waals surface area contributed by atoms with E-state index in [0.717, 1.165) is 25.2 Å².